The highest BCUT2D eigenvalue weighted by atomic mass is 79.9. The fraction of sp³-hybridized carbons (Fsp3) is 0.400. The third kappa shape index (κ3) is 2.92. The van der Waals surface area contributed by atoms with Gasteiger partial charge in [0.05, 0.1) is 0 Å². The number of hydrogen-bond acceptors (Lipinski definition) is 2. The first-order valence-electron chi connectivity index (χ1n) is 4.47. The molecule has 0 aliphatic carbocycles. The molecule has 0 atom stereocenters. The second-order valence-corrected chi connectivity index (χ2v) is 5.04. The van der Waals surface area contributed by atoms with E-state index < -0.39 is 11.6 Å². The quantitative estimate of drug-likeness (QED) is 0.855. The van der Waals surface area contributed by atoms with Crippen LogP contribution in [0.5, 0.6) is 0 Å². The lowest BCUT2D eigenvalue weighted by atomic mass is 10.1. The summed E-state index contributed by atoms with van der Waals surface area (Å²) in [5.74, 6) is 0.421. The Labute approximate surface area is 97.1 Å². The highest BCUT2D eigenvalue weighted by Crippen LogP contribution is 2.24. The predicted octanol–water partition coefficient (Wildman–Crippen LogP) is 3.13. The molecule has 1 heterocycles. The molecule has 1 aromatic heterocycles. The molecule has 1 aromatic rings. The highest BCUT2D eigenvalue weighted by Gasteiger charge is 2.28. The number of amides is 1. The molecule has 0 aliphatic rings. The third-order valence-electron chi connectivity index (χ3n) is 1.80. The molecule has 1 rings (SSSR count). The standard InChI is InChI=1S/C10H13BrN2O2/c1-10(2,3)13(9(14)15)8-6-7(11)4-5-12-8/h4-6H,1-3H3,(H,14,15). The van der Waals surface area contributed by atoms with Crippen molar-refractivity contribution in [1.29, 1.82) is 0 Å². The summed E-state index contributed by atoms with van der Waals surface area (Å²) in [6.07, 6.45) is 0.564. The van der Waals surface area contributed by atoms with E-state index in [4.69, 9.17) is 5.11 Å². The normalized spacial score (nSPS) is 11.2. The Hall–Kier alpha value is -1.10. The van der Waals surface area contributed by atoms with Crippen LogP contribution in [0.3, 0.4) is 0 Å². The minimum absolute atomic E-state index is 0.421. The van der Waals surface area contributed by atoms with Crippen LogP contribution in [-0.2, 0) is 0 Å². The van der Waals surface area contributed by atoms with E-state index in [9.17, 15) is 4.79 Å². The van der Waals surface area contributed by atoms with Crippen molar-refractivity contribution >= 4 is 27.8 Å². The Morgan fingerprint density at radius 2 is 2.13 bits per heavy atom. The minimum Gasteiger partial charge on any atom is -0.465 e. The number of halogens is 1. The molecule has 5 heteroatoms. The van der Waals surface area contributed by atoms with Gasteiger partial charge in [-0.25, -0.2) is 9.78 Å². The van der Waals surface area contributed by atoms with Gasteiger partial charge in [-0.2, -0.15) is 0 Å². The molecule has 0 bridgehead atoms. The zero-order valence-electron chi connectivity index (χ0n) is 8.86. The van der Waals surface area contributed by atoms with Crippen LogP contribution in [0.4, 0.5) is 10.6 Å². The van der Waals surface area contributed by atoms with Crippen LogP contribution in [0.25, 0.3) is 0 Å². The van der Waals surface area contributed by atoms with Crippen LogP contribution in [0.2, 0.25) is 0 Å². The number of hydrogen-bond donors (Lipinski definition) is 1. The van der Waals surface area contributed by atoms with Gasteiger partial charge >= 0.3 is 6.09 Å². The molecule has 0 radical (unpaired) electrons. The summed E-state index contributed by atoms with van der Waals surface area (Å²) in [5.41, 5.74) is -0.514. The van der Waals surface area contributed by atoms with Gasteiger partial charge in [0.1, 0.15) is 5.82 Å². The van der Waals surface area contributed by atoms with Gasteiger partial charge in [-0.15, -0.1) is 0 Å². The number of aromatic nitrogens is 1. The monoisotopic (exact) mass is 272 g/mol. The molecule has 0 fully saturated rings. The van der Waals surface area contributed by atoms with Gasteiger partial charge in [0.15, 0.2) is 0 Å². The van der Waals surface area contributed by atoms with Gasteiger partial charge in [0, 0.05) is 16.2 Å². The van der Waals surface area contributed by atoms with Crippen molar-refractivity contribution in [2.75, 3.05) is 4.90 Å². The number of carboxylic acid groups (broad SMARTS) is 1. The summed E-state index contributed by atoms with van der Waals surface area (Å²) >= 11 is 3.29. The van der Waals surface area contributed by atoms with Gasteiger partial charge in [0.25, 0.3) is 0 Å². The van der Waals surface area contributed by atoms with Gasteiger partial charge in [-0.05, 0) is 32.9 Å². The first-order chi connectivity index (χ1) is 6.82. The summed E-state index contributed by atoms with van der Waals surface area (Å²) in [5, 5.41) is 9.12. The Kier molecular flexibility index (Phi) is 3.34. The molecule has 82 valence electrons. The van der Waals surface area contributed by atoms with E-state index in [0.717, 1.165) is 4.47 Å². The molecule has 15 heavy (non-hydrogen) atoms. The number of nitrogens with zero attached hydrogens (tertiary/aromatic N) is 2. The molecule has 0 unspecified atom stereocenters. The molecular weight excluding hydrogens is 260 g/mol. The fourth-order valence-electron chi connectivity index (χ4n) is 1.24. The van der Waals surface area contributed by atoms with Crippen LogP contribution in [-0.4, -0.2) is 21.7 Å². The van der Waals surface area contributed by atoms with E-state index in [-0.39, 0.29) is 0 Å². The van der Waals surface area contributed by atoms with Crippen molar-refractivity contribution in [3.63, 3.8) is 0 Å². The smallest absolute Gasteiger partial charge is 0.413 e. The van der Waals surface area contributed by atoms with E-state index in [1.807, 2.05) is 20.8 Å². The van der Waals surface area contributed by atoms with Gasteiger partial charge < -0.3 is 5.11 Å². The second-order valence-electron chi connectivity index (χ2n) is 4.12. The van der Waals surface area contributed by atoms with Crippen LogP contribution >= 0.6 is 15.9 Å². The van der Waals surface area contributed by atoms with Crippen molar-refractivity contribution in [3.8, 4) is 0 Å². The summed E-state index contributed by atoms with van der Waals surface area (Å²) in [4.78, 5) is 16.4. The number of carbonyl (C=O) groups is 1. The molecule has 0 saturated heterocycles. The number of pyridine rings is 1. The average molecular weight is 273 g/mol. The van der Waals surface area contributed by atoms with Crippen LogP contribution in [0.15, 0.2) is 22.8 Å². The molecule has 0 spiro atoms. The lowest BCUT2D eigenvalue weighted by Crippen LogP contribution is -2.45. The van der Waals surface area contributed by atoms with Crippen LogP contribution < -0.4 is 4.90 Å². The topological polar surface area (TPSA) is 53.4 Å². The molecule has 1 N–H and O–H groups in total. The maximum absolute atomic E-state index is 11.1. The first kappa shape index (κ1) is 12.0. The van der Waals surface area contributed by atoms with E-state index >= 15 is 0 Å². The molecule has 0 saturated carbocycles. The molecule has 0 aliphatic heterocycles. The first-order valence-corrected chi connectivity index (χ1v) is 5.26. The molecule has 4 nitrogen and oxygen atoms in total. The minimum atomic E-state index is -1.01. The van der Waals surface area contributed by atoms with Crippen LogP contribution in [0, 0.1) is 0 Å². The SMILES string of the molecule is CC(C)(C)N(C(=O)O)c1cc(Br)ccn1. The van der Waals surface area contributed by atoms with Crippen LogP contribution in [0.1, 0.15) is 20.8 Å². The molecule has 0 aromatic carbocycles. The number of rotatable bonds is 1. The second kappa shape index (κ2) is 4.18. The number of anilines is 1. The van der Waals surface area contributed by atoms with Gasteiger partial charge in [0.2, 0.25) is 0 Å². The summed E-state index contributed by atoms with van der Waals surface area (Å²) < 4.78 is 0.808. The van der Waals surface area contributed by atoms with E-state index in [2.05, 4.69) is 20.9 Å². The summed E-state index contributed by atoms with van der Waals surface area (Å²) in [6.45, 7) is 5.47. The zero-order chi connectivity index (χ0) is 11.6. The van der Waals surface area contributed by atoms with Gasteiger partial charge in [-0.3, -0.25) is 4.90 Å². The molecule has 1 amide bonds. The molecular formula is C10H13BrN2O2. The van der Waals surface area contributed by atoms with Crippen molar-refractivity contribution in [2.24, 2.45) is 0 Å². The zero-order valence-corrected chi connectivity index (χ0v) is 10.4. The van der Waals surface area contributed by atoms with Crippen molar-refractivity contribution < 1.29 is 9.90 Å². The maximum Gasteiger partial charge on any atom is 0.413 e. The Morgan fingerprint density at radius 3 is 2.53 bits per heavy atom. The van der Waals surface area contributed by atoms with E-state index in [0.29, 0.717) is 5.82 Å². The van der Waals surface area contributed by atoms with Crippen molar-refractivity contribution in [1.82, 2.24) is 4.98 Å². The average Bonchev–Trinajstić information content (AvgIpc) is 1.99. The summed E-state index contributed by atoms with van der Waals surface area (Å²) in [6, 6.07) is 3.44. The van der Waals surface area contributed by atoms with E-state index in [1.165, 1.54) is 4.90 Å². The lowest BCUT2D eigenvalue weighted by Gasteiger charge is -2.32. The Morgan fingerprint density at radius 1 is 1.53 bits per heavy atom. The highest BCUT2D eigenvalue weighted by molar-refractivity contribution is 9.10. The Bertz CT molecular complexity index is 374. The lowest BCUT2D eigenvalue weighted by molar-refractivity contribution is 0.195. The van der Waals surface area contributed by atoms with Gasteiger partial charge in [-0.1, -0.05) is 15.9 Å². The van der Waals surface area contributed by atoms with E-state index in [1.54, 1.807) is 18.3 Å². The maximum atomic E-state index is 11.1. The largest absolute Gasteiger partial charge is 0.465 e. The summed E-state index contributed by atoms with van der Waals surface area (Å²) in [7, 11) is 0. The predicted molar refractivity (Wildman–Crippen MR) is 62.2 cm³/mol. The third-order valence-corrected chi connectivity index (χ3v) is 2.29. The Balaban J connectivity index is 3.16. The van der Waals surface area contributed by atoms with Crippen molar-refractivity contribution in [2.45, 2.75) is 26.3 Å². The van der Waals surface area contributed by atoms with Crippen molar-refractivity contribution in [3.05, 3.63) is 22.8 Å². The fourth-order valence-corrected chi connectivity index (χ4v) is 1.57.